The van der Waals surface area contributed by atoms with Crippen LogP contribution >= 0.6 is 0 Å². The van der Waals surface area contributed by atoms with E-state index in [1.54, 1.807) is 36.1 Å². The van der Waals surface area contributed by atoms with Crippen molar-refractivity contribution in [1.29, 1.82) is 0 Å². The molecule has 0 aliphatic carbocycles. The highest BCUT2D eigenvalue weighted by Gasteiger charge is 2.23. The summed E-state index contributed by atoms with van der Waals surface area (Å²) in [6.07, 6.45) is 0. The lowest BCUT2D eigenvalue weighted by Crippen LogP contribution is -2.41. The highest BCUT2D eigenvalue weighted by atomic mass is 16.4. The molecule has 0 radical (unpaired) electrons. The third-order valence-electron chi connectivity index (χ3n) is 2.80. The van der Waals surface area contributed by atoms with Crippen LogP contribution in [0.4, 0.5) is 0 Å². The van der Waals surface area contributed by atoms with Gasteiger partial charge >= 0.3 is 5.97 Å². The Balaban J connectivity index is 2.86. The number of hydrogen-bond donors (Lipinski definition) is 1. The Kier molecular flexibility index (Phi) is 4.89. The summed E-state index contributed by atoms with van der Waals surface area (Å²) in [4.78, 5) is 24.7. The van der Waals surface area contributed by atoms with E-state index in [1.807, 2.05) is 19.9 Å². The number of amides is 1. The number of carbonyl (C=O) groups excluding carboxylic acids is 1. The van der Waals surface area contributed by atoms with Crippen molar-refractivity contribution in [3.05, 3.63) is 35.9 Å². The molecule has 1 N–H and O–H groups in total. The summed E-state index contributed by atoms with van der Waals surface area (Å²) >= 11 is 0. The zero-order valence-corrected chi connectivity index (χ0v) is 11.0. The molecule has 0 saturated heterocycles. The predicted molar refractivity (Wildman–Crippen MR) is 69.4 cm³/mol. The van der Waals surface area contributed by atoms with E-state index in [1.165, 1.54) is 0 Å². The van der Waals surface area contributed by atoms with Crippen molar-refractivity contribution in [3.63, 3.8) is 0 Å². The predicted octanol–water partition coefficient (Wildman–Crippen LogP) is 2.26. The second kappa shape index (κ2) is 6.19. The van der Waals surface area contributed by atoms with E-state index in [-0.39, 0.29) is 18.5 Å². The lowest BCUT2D eigenvalue weighted by molar-refractivity contribution is -0.141. The first-order chi connectivity index (χ1) is 8.43. The van der Waals surface area contributed by atoms with Gasteiger partial charge in [-0.05, 0) is 26.0 Å². The first kappa shape index (κ1) is 14.2. The van der Waals surface area contributed by atoms with Gasteiger partial charge in [0.25, 0.3) is 5.91 Å². The molecule has 0 saturated carbocycles. The fourth-order valence-corrected chi connectivity index (χ4v) is 1.65. The lowest BCUT2D eigenvalue weighted by Gasteiger charge is -2.28. The maximum Gasteiger partial charge on any atom is 0.308 e. The van der Waals surface area contributed by atoms with E-state index < -0.39 is 11.9 Å². The van der Waals surface area contributed by atoms with E-state index in [4.69, 9.17) is 5.11 Å². The number of aliphatic carboxylic acids is 1. The third-order valence-corrected chi connectivity index (χ3v) is 2.80. The molecule has 0 aliphatic rings. The Labute approximate surface area is 107 Å². The standard InChI is InChI=1S/C14H19NO3/c1-10(2)15(9-11(3)14(17)18)13(16)12-7-5-4-6-8-12/h4-8,10-11H,9H2,1-3H3,(H,17,18). The van der Waals surface area contributed by atoms with Crippen molar-refractivity contribution < 1.29 is 14.7 Å². The zero-order chi connectivity index (χ0) is 13.7. The average molecular weight is 249 g/mol. The van der Waals surface area contributed by atoms with Crippen LogP contribution in [0.15, 0.2) is 30.3 Å². The van der Waals surface area contributed by atoms with Crippen LogP contribution in [0.3, 0.4) is 0 Å². The van der Waals surface area contributed by atoms with E-state index >= 15 is 0 Å². The Morgan fingerprint density at radius 1 is 1.17 bits per heavy atom. The van der Waals surface area contributed by atoms with Crippen LogP contribution in [0.25, 0.3) is 0 Å². The Bertz CT molecular complexity index is 414. The quantitative estimate of drug-likeness (QED) is 0.870. The zero-order valence-electron chi connectivity index (χ0n) is 11.0. The molecule has 0 fully saturated rings. The maximum atomic E-state index is 12.3. The summed E-state index contributed by atoms with van der Waals surface area (Å²) in [5, 5.41) is 8.93. The number of benzene rings is 1. The van der Waals surface area contributed by atoms with E-state index in [9.17, 15) is 9.59 Å². The smallest absolute Gasteiger partial charge is 0.308 e. The van der Waals surface area contributed by atoms with Gasteiger partial charge in [0.05, 0.1) is 5.92 Å². The van der Waals surface area contributed by atoms with E-state index in [0.717, 1.165) is 0 Å². The normalized spacial score (nSPS) is 12.2. The molecule has 4 nitrogen and oxygen atoms in total. The van der Waals surface area contributed by atoms with E-state index in [2.05, 4.69) is 0 Å². The molecule has 1 rings (SSSR count). The highest BCUT2D eigenvalue weighted by Crippen LogP contribution is 2.11. The van der Waals surface area contributed by atoms with Gasteiger partial charge in [0.15, 0.2) is 0 Å². The molecular weight excluding hydrogens is 230 g/mol. The second-order valence-corrected chi connectivity index (χ2v) is 4.66. The van der Waals surface area contributed by atoms with Crippen LogP contribution in [-0.4, -0.2) is 34.5 Å². The van der Waals surface area contributed by atoms with Crippen LogP contribution in [0, 0.1) is 5.92 Å². The lowest BCUT2D eigenvalue weighted by atomic mass is 10.1. The highest BCUT2D eigenvalue weighted by molar-refractivity contribution is 5.94. The van der Waals surface area contributed by atoms with Gasteiger partial charge in [0.1, 0.15) is 0 Å². The summed E-state index contributed by atoms with van der Waals surface area (Å²) in [7, 11) is 0. The molecule has 18 heavy (non-hydrogen) atoms. The number of hydrogen-bond acceptors (Lipinski definition) is 2. The number of carboxylic acids is 1. The van der Waals surface area contributed by atoms with E-state index in [0.29, 0.717) is 5.56 Å². The molecule has 98 valence electrons. The Morgan fingerprint density at radius 3 is 2.17 bits per heavy atom. The number of carbonyl (C=O) groups is 2. The Hall–Kier alpha value is -1.84. The first-order valence-electron chi connectivity index (χ1n) is 6.02. The summed E-state index contributed by atoms with van der Waals surface area (Å²) in [5.74, 6) is -1.58. The van der Waals surface area contributed by atoms with Gasteiger partial charge in [0.2, 0.25) is 0 Å². The summed E-state index contributed by atoms with van der Waals surface area (Å²) in [5.41, 5.74) is 0.587. The van der Waals surface area contributed by atoms with Crippen molar-refractivity contribution in [2.45, 2.75) is 26.8 Å². The SMILES string of the molecule is CC(CN(C(=O)c1ccccc1)C(C)C)C(=O)O. The number of nitrogens with zero attached hydrogens (tertiary/aromatic N) is 1. The van der Waals surface area contributed by atoms with Gasteiger partial charge in [-0.15, -0.1) is 0 Å². The van der Waals surface area contributed by atoms with Gasteiger partial charge in [-0.1, -0.05) is 25.1 Å². The third kappa shape index (κ3) is 3.58. The minimum Gasteiger partial charge on any atom is -0.481 e. The second-order valence-electron chi connectivity index (χ2n) is 4.66. The summed E-state index contributed by atoms with van der Waals surface area (Å²) in [6, 6.07) is 8.89. The molecule has 4 heteroatoms. The Morgan fingerprint density at radius 2 is 1.72 bits per heavy atom. The van der Waals surface area contributed by atoms with Crippen LogP contribution in [0.5, 0.6) is 0 Å². The van der Waals surface area contributed by atoms with Gasteiger partial charge < -0.3 is 10.0 Å². The van der Waals surface area contributed by atoms with Crippen molar-refractivity contribution in [2.24, 2.45) is 5.92 Å². The van der Waals surface area contributed by atoms with Crippen LogP contribution < -0.4 is 0 Å². The molecular formula is C14H19NO3. The average Bonchev–Trinajstić information content (AvgIpc) is 2.35. The monoisotopic (exact) mass is 249 g/mol. The molecule has 1 atom stereocenters. The minimum atomic E-state index is -0.887. The maximum absolute atomic E-state index is 12.3. The largest absolute Gasteiger partial charge is 0.481 e. The van der Waals surface area contributed by atoms with Gasteiger partial charge in [-0.25, -0.2) is 0 Å². The molecule has 0 spiro atoms. The van der Waals surface area contributed by atoms with Crippen molar-refractivity contribution in [2.75, 3.05) is 6.54 Å². The summed E-state index contributed by atoms with van der Waals surface area (Å²) in [6.45, 7) is 5.60. The molecule has 0 aromatic heterocycles. The number of carboxylic acid groups (broad SMARTS) is 1. The number of rotatable bonds is 5. The molecule has 0 aliphatic heterocycles. The van der Waals surface area contributed by atoms with Crippen molar-refractivity contribution in [1.82, 2.24) is 4.90 Å². The van der Waals surface area contributed by atoms with Gasteiger partial charge in [-0.3, -0.25) is 9.59 Å². The van der Waals surface area contributed by atoms with Gasteiger partial charge in [0, 0.05) is 18.2 Å². The van der Waals surface area contributed by atoms with Crippen molar-refractivity contribution in [3.8, 4) is 0 Å². The van der Waals surface area contributed by atoms with Crippen LogP contribution in [0.2, 0.25) is 0 Å². The van der Waals surface area contributed by atoms with Gasteiger partial charge in [-0.2, -0.15) is 0 Å². The summed E-state index contributed by atoms with van der Waals surface area (Å²) < 4.78 is 0. The minimum absolute atomic E-state index is 0.0282. The van der Waals surface area contributed by atoms with Crippen LogP contribution in [-0.2, 0) is 4.79 Å². The first-order valence-corrected chi connectivity index (χ1v) is 6.02. The molecule has 0 heterocycles. The fraction of sp³-hybridized carbons (Fsp3) is 0.429. The molecule has 1 aromatic carbocycles. The molecule has 1 aromatic rings. The fourth-order valence-electron chi connectivity index (χ4n) is 1.65. The molecule has 1 unspecified atom stereocenters. The molecule has 1 amide bonds. The topological polar surface area (TPSA) is 57.6 Å². The van der Waals surface area contributed by atoms with Crippen LogP contribution in [0.1, 0.15) is 31.1 Å². The van der Waals surface area contributed by atoms with Crippen molar-refractivity contribution >= 4 is 11.9 Å². The molecule has 0 bridgehead atoms.